The molecule has 128 valence electrons. The van der Waals surface area contributed by atoms with Gasteiger partial charge in [0.25, 0.3) is 0 Å². The standard InChI is InChI=1S/C15H20O8/c1-21-11(17)6-8-3-2-4-9(5-8)22-15-14(20)13(19)12(18)10(7-16)23-15/h2-5,10,12-16,18-20H,6-7H2,1H3/t10?,12-,13?,14?,15+/m0/s1. The highest BCUT2D eigenvalue weighted by atomic mass is 16.7. The van der Waals surface area contributed by atoms with Crippen LogP contribution in [0.5, 0.6) is 5.75 Å². The van der Waals surface area contributed by atoms with Crippen molar-refractivity contribution in [1.29, 1.82) is 0 Å². The number of carbonyl (C=O) groups excluding carboxylic acids is 1. The zero-order valence-corrected chi connectivity index (χ0v) is 12.5. The molecule has 0 saturated carbocycles. The first-order chi connectivity index (χ1) is 11.0. The van der Waals surface area contributed by atoms with Gasteiger partial charge >= 0.3 is 5.97 Å². The minimum absolute atomic E-state index is 0.0579. The van der Waals surface area contributed by atoms with Crippen molar-refractivity contribution in [2.24, 2.45) is 0 Å². The van der Waals surface area contributed by atoms with Gasteiger partial charge in [-0.05, 0) is 17.7 Å². The Morgan fingerprint density at radius 3 is 2.61 bits per heavy atom. The number of esters is 1. The van der Waals surface area contributed by atoms with Crippen LogP contribution in [0.4, 0.5) is 0 Å². The van der Waals surface area contributed by atoms with Crippen molar-refractivity contribution in [3.63, 3.8) is 0 Å². The number of rotatable bonds is 5. The van der Waals surface area contributed by atoms with E-state index < -0.39 is 43.3 Å². The molecule has 4 N–H and O–H groups in total. The van der Waals surface area contributed by atoms with Crippen LogP contribution in [0.15, 0.2) is 24.3 Å². The van der Waals surface area contributed by atoms with Gasteiger partial charge < -0.3 is 34.6 Å². The molecule has 3 unspecified atom stereocenters. The van der Waals surface area contributed by atoms with Gasteiger partial charge in [-0.2, -0.15) is 0 Å². The first-order valence-corrected chi connectivity index (χ1v) is 7.09. The summed E-state index contributed by atoms with van der Waals surface area (Å²) >= 11 is 0. The molecule has 2 rings (SSSR count). The minimum atomic E-state index is -1.51. The Balaban J connectivity index is 2.08. The number of aliphatic hydroxyl groups excluding tert-OH is 4. The molecule has 23 heavy (non-hydrogen) atoms. The number of carbonyl (C=O) groups is 1. The first-order valence-electron chi connectivity index (χ1n) is 7.09. The van der Waals surface area contributed by atoms with Crippen molar-refractivity contribution in [3.05, 3.63) is 29.8 Å². The lowest BCUT2D eigenvalue weighted by Crippen LogP contribution is -2.60. The number of hydrogen-bond acceptors (Lipinski definition) is 8. The van der Waals surface area contributed by atoms with Crippen molar-refractivity contribution >= 4 is 5.97 Å². The highest BCUT2D eigenvalue weighted by Gasteiger charge is 2.44. The summed E-state index contributed by atoms with van der Waals surface area (Å²) in [5.41, 5.74) is 0.638. The molecule has 1 aromatic carbocycles. The maximum absolute atomic E-state index is 11.3. The summed E-state index contributed by atoms with van der Waals surface area (Å²) in [5.74, 6) is -0.106. The van der Waals surface area contributed by atoms with Crippen LogP contribution in [0.2, 0.25) is 0 Å². The largest absolute Gasteiger partial charge is 0.469 e. The van der Waals surface area contributed by atoms with E-state index in [0.717, 1.165) is 0 Å². The zero-order valence-electron chi connectivity index (χ0n) is 12.5. The number of methoxy groups -OCH3 is 1. The van der Waals surface area contributed by atoms with Crippen LogP contribution in [-0.4, -0.2) is 70.8 Å². The Morgan fingerprint density at radius 2 is 1.96 bits per heavy atom. The Labute approximate surface area is 132 Å². The maximum atomic E-state index is 11.3. The van der Waals surface area contributed by atoms with Gasteiger partial charge in [-0.3, -0.25) is 4.79 Å². The molecule has 0 aromatic heterocycles. The SMILES string of the molecule is COC(=O)Cc1cccc(O[C@@H]2OC(CO)[C@H](O)C(O)C2O)c1. The molecule has 5 atom stereocenters. The van der Waals surface area contributed by atoms with Crippen LogP contribution in [-0.2, 0) is 20.7 Å². The second-order valence-electron chi connectivity index (χ2n) is 5.22. The molecule has 8 heteroatoms. The van der Waals surface area contributed by atoms with Gasteiger partial charge in [0.05, 0.1) is 20.1 Å². The fraction of sp³-hybridized carbons (Fsp3) is 0.533. The summed E-state index contributed by atoms with van der Waals surface area (Å²) in [5, 5.41) is 38.5. The normalized spacial score (nSPS) is 30.7. The molecule has 1 aliphatic rings. The monoisotopic (exact) mass is 328 g/mol. The van der Waals surface area contributed by atoms with Crippen LogP contribution in [0.1, 0.15) is 5.56 Å². The average Bonchev–Trinajstić information content (AvgIpc) is 2.55. The van der Waals surface area contributed by atoms with Crippen molar-refractivity contribution in [2.75, 3.05) is 13.7 Å². The van der Waals surface area contributed by atoms with Crippen LogP contribution in [0.3, 0.4) is 0 Å². The van der Waals surface area contributed by atoms with Crippen LogP contribution >= 0.6 is 0 Å². The molecule has 8 nitrogen and oxygen atoms in total. The summed E-state index contributed by atoms with van der Waals surface area (Å²) in [6.07, 6.45) is -6.69. The Kier molecular flexibility index (Phi) is 5.91. The van der Waals surface area contributed by atoms with E-state index in [4.69, 9.17) is 14.6 Å². The third kappa shape index (κ3) is 4.18. The molecular weight excluding hydrogens is 308 g/mol. The van der Waals surface area contributed by atoms with Crippen LogP contribution in [0, 0.1) is 0 Å². The van der Waals surface area contributed by atoms with Crippen molar-refractivity contribution < 1.29 is 39.4 Å². The topological polar surface area (TPSA) is 126 Å². The van der Waals surface area contributed by atoms with E-state index in [1.807, 2.05) is 0 Å². The smallest absolute Gasteiger partial charge is 0.309 e. The second-order valence-corrected chi connectivity index (χ2v) is 5.22. The third-order valence-corrected chi connectivity index (χ3v) is 3.58. The lowest BCUT2D eigenvalue weighted by molar-refractivity contribution is -0.277. The van der Waals surface area contributed by atoms with E-state index in [1.54, 1.807) is 24.3 Å². The lowest BCUT2D eigenvalue weighted by atomic mass is 9.99. The van der Waals surface area contributed by atoms with Crippen molar-refractivity contribution in [3.8, 4) is 5.75 Å². The summed E-state index contributed by atoms with van der Waals surface area (Å²) in [6, 6.07) is 6.51. The summed E-state index contributed by atoms with van der Waals surface area (Å²) in [6.45, 7) is -0.535. The van der Waals surface area contributed by atoms with E-state index in [2.05, 4.69) is 4.74 Å². The van der Waals surface area contributed by atoms with E-state index in [1.165, 1.54) is 7.11 Å². The first kappa shape index (κ1) is 17.6. The van der Waals surface area contributed by atoms with Gasteiger partial charge in [-0.25, -0.2) is 0 Å². The number of hydrogen-bond donors (Lipinski definition) is 4. The average molecular weight is 328 g/mol. The van der Waals surface area contributed by atoms with Gasteiger partial charge in [0.15, 0.2) is 0 Å². The molecule has 0 bridgehead atoms. The predicted octanol–water partition coefficient (Wildman–Crippen LogP) is -1.42. The highest BCUT2D eigenvalue weighted by Crippen LogP contribution is 2.24. The lowest BCUT2D eigenvalue weighted by Gasteiger charge is -2.39. The van der Waals surface area contributed by atoms with Crippen LogP contribution in [0.25, 0.3) is 0 Å². The van der Waals surface area contributed by atoms with Gasteiger partial charge in [0.2, 0.25) is 6.29 Å². The Hall–Kier alpha value is -1.71. The molecule has 1 heterocycles. The highest BCUT2D eigenvalue weighted by molar-refractivity contribution is 5.72. The molecule has 1 aromatic rings. The van der Waals surface area contributed by atoms with Crippen LogP contribution < -0.4 is 4.74 Å². The Morgan fingerprint density at radius 1 is 1.22 bits per heavy atom. The van der Waals surface area contributed by atoms with Gasteiger partial charge in [0.1, 0.15) is 30.2 Å². The van der Waals surface area contributed by atoms with E-state index in [9.17, 15) is 20.1 Å². The quantitative estimate of drug-likeness (QED) is 0.485. The number of benzene rings is 1. The predicted molar refractivity (Wildman–Crippen MR) is 76.6 cm³/mol. The third-order valence-electron chi connectivity index (χ3n) is 3.58. The summed E-state index contributed by atoms with van der Waals surface area (Å²) in [4.78, 5) is 11.3. The Bertz CT molecular complexity index is 532. The zero-order chi connectivity index (χ0) is 17.0. The fourth-order valence-electron chi connectivity index (χ4n) is 2.27. The molecule has 0 amide bonds. The molecular formula is C15H20O8. The molecule has 1 aliphatic heterocycles. The summed E-state index contributed by atoms with van der Waals surface area (Å²) in [7, 11) is 1.29. The second kappa shape index (κ2) is 7.71. The molecule has 1 fully saturated rings. The van der Waals surface area contributed by atoms with Crippen molar-refractivity contribution in [2.45, 2.75) is 37.1 Å². The van der Waals surface area contributed by atoms with Gasteiger partial charge in [-0.15, -0.1) is 0 Å². The minimum Gasteiger partial charge on any atom is -0.469 e. The van der Waals surface area contributed by atoms with Gasteiger partial charge in [-0.1, -0.05) is 12.1 Å². The number of aliphatic hydroxyl groups is 4. The van der Waals surface area contributed by atoms with E-state index in [-0.39, 0.29) is 6.42 Å². The fourth-order valence-corrected chi connectivity index (χ4v) is 2.27. The van der Waals surface area contributed by atoms with Crippen molar-refractivity contribution in [1.82, 2.24) is 0 Å². The molecule has 0 radical (unpaired) electrons. The summed E-state index contributed by atoms with van der Waals surface area (Å²) < 4.78 is 15.3. The van der Waals surface area contributed by atoms with E-state index in [0.29, 0.717) is 11.3 Å². The molecule has 0 aliphatic carbocycles. The molecule has 0 spiro atoms. The van der Waals surface area contributed by atoms with E-state index >= 15 is 0 Å². The molecule has 1 saturated heterocycles. The number of ether oxygens (including phenoxy) is 3. The maximum Gasteiger partial charge on any atom is 0.309 e. The van der Waals surface area contributed by atoms with Gasteiger partial charge in [0, 0.05) is 0 Å².